The lowest BCUT2D eigenvalue weighted by Crippen LogP contribution is -2.35. The highest BCUT2D eigenvalue weighted by Gasteiger charge is 2.22. The predicted octanol–water partition coefficient (Wildman–Crippen LogP) is 2.64. The maximum Gasteiger partial charge on any atom is 0.251 e. The van der Waals surface area contributed by atoms with Gasteiger partial charge in [-0.15, -0.1) is 0 Å². The van der Waals surface area contributed by atoms with Gasteiger partial charge in [-0.1, -0.05) is 18.2 Å². The highest BCUT2D eigenvalue weighted by atomic mass is 19.3. The van der Waals surface area contributed by atoms with E-state index in [-0.39, 0.29) is 18.4 Å². The Hall–Kier alpha value is -1.20. The molecule has 2 rings (SSSR count). The lowest BCUT2D eigenvalue weighted by atomic mass is 10.1. The van der Waals surface area contributed by atoms with Crippen molar-refractivity contribution in [1.29, 1.82) is 0 Å². The van der Waals surface area contributed by atoms with Crippen LogP contribution in [0.2, 0.25) is 0 Å². The fourth-order valence-electron chi connectivity index (χ4n) is 2.36. The first-order valence-corrected chi connectivity index (χ1v) is 6.54. The largest absolute Gasteiger partial charge is 0.508 e. The van der Waals surface area contributed by atoms with E-state index in [1.54, 1.807) is 29.2 Å². The van der Waals surface area contributed by atoms with Crippen molar-refractivity contribution in [3.63, 3.8) is 0 Å². The molecule has 0 aliphatic carbocycles. The van der Waals surface area contributed by atoms with Gasteiger partial charge in [-0.2, -0.15) is 0 Å². The molecule has 0 spiro atoms. The number of rotatable bonds is 6. The highest BCUT2D eigenvalue weighted by Crippen LogP contribution is 2.20. The number of para-hydroxylation sites is 1. The topological polar surface area (TPSA) is 32.7 Å². The first-order chi connectivity index (χ1) is 9.15. The van der Waals surface area contributed by atoms with Crippen LogP contribution in [0.5, 0.6) is 5.75 Å². The van der Waals surface area contributed by atoms with Gasteiger partial charge >= 0.3 is 0 Å². The zero-order valence-electron chi connectivity index (χ0n) is 10.8. The van der Waals surface area contributed by atoms with Crippen molar-refractivity contribution in [3.8, 4) is 5.75 Å². The van der Waals surface area contributed by atoms with Crippen LogP contribution in [-0.2, 0) is 11.3 Å². The van der Waals surface area contributed by atoms with Crippen molar-refractivity contribution < 1.29 is 18.6 Å². The van der Waals surface area contributed by atoms with E-state index in [9.17, 15) is 13.9 Å². The Labute approximate surface area is 111 Å². The van der Waals surface area contributed by atoms with Gasteiger partial charge in [-0.25, -0.2) is 8.78 Å². The van der Waals surface area contributed by atoms with E-state index in [0.717, 1.165) is 12.8 Å². The molecule has 0 bridgehead atoms. The Morgan fingerprint density at radius 3 is 2.79 bits per heavy atom. The minimum absolute atomic E-state index is 0.0320. The summed E-state index contributed by atoms with van der Waals surface area (Å²) >= 11 is 0. The summed E-state index contributed by atoms with van der Waals surface area (Å²) in [6, 6.07) is 6.84. The summed E-state index contributed by atoms with van der Waals surface area (Å²) < 4.78 is 30.7. The van der Waals surface area contributed by atoms with Gasteiger partial charge < -0.3 is 9.84 Å². The molecule has 1 aromatic carbocycles. The fraction of sp³-hybridized carbons (Fsp3) is 0.571. The molecule has 1 saturated heterocycles. The van der Waals surface area contributed by atoms with Crippen LogP contribution in [0.3, 0.4) is 0 Å². The Morgan fingerprint density at radius 2 is 2.16 bits per heavy atom. The van der Waals surface area contributed by atoms with E-state index < -0.39 is 6.43 Å². The van der Waals surface area contributed by atoms with Crippen LogP contribution in [0.4, 0.5) is 8.78 Å². The molecule has 1 fully saturated rings. The summed E-state index contributed by atoms with van der Waals surface area (Å²) in [5.74, 6) is 0.147. The normalized spacial score (nSPS) is 19.5. The number of hydrogen-bond acceptors (Lipinski definition) is 3. The van der Waals surface area contributed by atoms with Crippen molar-refractivity contribution in [2.45, 2.75) is 31.9 Å². The molecule has 1 aromatic rings. The quantitative estimate of drug-likeness (QED) is 0.863. The molecule has 1 N–H and O–H groups in total. The molecule has 0 radical (unpaired) electrons. The van der Waals surface area contributed by atoms with Crippen LogP contribution in [0.15, 0.2) is 24.3 Å². The first kappa shape index (κ1) is 14.2. The Balaban J connectivity index is 1.98. The number of halogens is 2. The van der Waals surface area contributed by atoms with Crippen molar-refractivity contribution in [1.82, 2.24) is 4.90 Å². The van der Waals surface area contributed by atoms with Crippen LogP contribution in [-0.4, -0.2) is 42.2 Å². The summed E-state index contributed by atoms with van der Waals surface area (Å²) in [5, 5.41) is 9.71. The Bertz CT molecular complexity index is 395. The number of hydrogen-bond donors (Lipinski definition) is 1. The Kier molecular flexibility index (Phi) is 5.10. The van der Waals surface area contributed by atoms with Crippen molar-refractivity contribution >= 4 is 0 Å². The Morgan fingerprint density at radius 1 is 1.37 bits per heavy atom. The van der Waals surface area contributed by atoms with Crippen molar-refractivity contribution in [3.05, 3.63) is 29.8 Å². The van der Waals surface area contributed by atoms with E-state index in [0.29, 0.717) is 25.3 Å². The van der Waals surface area contributed by atoms with E-state index in [1.807, 2.05) is 0 Å². The molecular formula is C14H19F2NO2. The molecule has 5 heteroatoms. The number of benzene rings is 1. The molecule has 0 aromatic heterocycles. The minimum Gasteiger partial charge on any atom is -0.508 e. The lowest BCUT2D eigenvalue weighted by molar-refractivity contribution is 0.0362. The smallest absolute Gasteiger partial charge is 0.251 e. The predicted molar refractivity (Wildman–Crippen MR) is 68.4 cm³/mol. The van der Waals surface area contributed by atoms with Crippen LogP contribution in [0.1, 0.15) is 18.4 Å². The molecule has 106 valence electrons. The number of aromatic hydroxyl groups is 1. The average molecular weight is 271 g/mol. The maximum atomic E-state index is 12.6. The molecule has 1 heterocycles. The van der Waals surface area contributed by atoms with Crippen molar-refractivity contribution in [2.24, 2.45) is 0 Å². The lowest BCUT2D eigenvalue weighted by Gasteiger charge is -2.25. The second-order valence-corrected chi connectivity index (χ2v) is 4.85. The zero-order chi connectivity index (χ0) is 13.7. The van der Waals surface area contributed by atoms with Crippen LogP contribution in [0, 0.1) is 0 Å². The van der Waals surface area contributed by atoms with Crippen LogP contribution in [0.25, 0.3) is 0 Å². The van der Waals surface area contributed by atoms with Gasteiger partial charge in [0.2, 0.25) is 0 Å². The molecule has 19 heavy (non-hydrogen) atoms. The zero-order valence-corrected chi connectivity index (χ0v) is 10.8. The summed E-state index contributed by atoms with van der Waals surface area (Å²) in [7, 11) is 0. The van der Waals surface area contributed by atoms with E-state index in [1.165, 1.54) is 0 Å². The van der Waals surface area contributed by atoms with Crippen LogP contribution >= 0.6 is 0 Å². The number of phenols is 1. The van der Waals surface area contributed by atoms with Gasteiger partial charge in [0.25, 0.3) is 6.43 Å². The van der Waals surface area contributed by atoms with Gasteiger partial charge in [0.1, 0.15) is 5.75 Å². The monoisotopic (exact) mass is 271 g/mol. The molecule has 3 nitrogen and oxygen atoms in total. The van der Waals surface area contributed by atoms with Gasteiger partial charge in [-0.3, -0.25) is 4.90 Å². The molecular weight excluding hydrogens is 252 g/mol. The molecule has 1 aliphatic rings. The number of ether oxygens (including phenoxy) is 1. The maximum absolute atomic E-state index is 12.6. The number of nitrogens with zero attached hydrogens (tertiary/aromatic N) is 1. The average Bonchev–Trinajstić information content (AvgIpc) is 2.84. The van der Waals surface area contributed by atoms with E-state index in [2.05, 4.69) is 0 Å². The van der Waals surface area contributed by atoms with Crippen LogP contribution < -0.4 is 0 Å². The second-order valence-electron chi connectivity index (χ2n) is 4.85. The van der Waals surface area contributed by atoms with Crippen molar-refractivity contribution in [2.75, 3.05) is 19.7 Å². The minimum atomic E-state index is -2.38. The third-order valence-electron chi connectivity index (χ3n) is 3.27. The fourth-order valence-corrected chi connectivity index (χ4v) is 2.36. The number of alkyl halides is 2. The molecule has 0 saturated carbocycles. The highest BCUT2D eigenvalue weighted by molar-refractivity contribution is 5.31. The number of phenolic OH excluding ortho intramolecular Hbond substituents is 1. The molecule has 1 unspecified atom stereocenters. The third-order valence-corrected chi connectivity index (χ3v) is 3.27. The van der Waals surface area contributed by atoms with Gasteiger partial charge in [0.05, 0.1) is 12.6 Å². The van der Waals surface area contributed by atoms with Gasteiger partial charge in [-0.05, 0) is 18.9 Å². The molecule has 1 aliphatic heterocycles. The van der Waals surface area contributed by atoms with Gasteiger partial charge in [0, 0.05) is 25.3 Å². The second kappa shape index (κ2) is 6.82. The first-order valence-electron chi connectivity index (χ1n) is 6.54. The van der Waals surface area contributed by atoms with E-state index in [4.69, 9.17) is 4.74 Å². The van der Waals surface area contributed by atoms with Gasteiger partial charge in [0.15, 0.2) is 0 Å². The standard InChI is InChI=1S/C14H19F2NO2/c15-14(16)10-17(9-12-5-3-7-19-12)8-11-4-1-2-6-13(11)18/h1-2,4,6,12,14,18H,3,5,7-10H2. The summed E-state index contributed by atoms with van der Waals surface area (Å²) in [6.07, 6.45) is -0.443. The summed E-state index contributed by atoms with van der Waals surface area (Å²) in [5.41, 5.74) is 0.668. The van der Waals surface area contributed by atoms with E-state index >= 15 is 0 Å². The molecule has 1 atom stereocenters. The third kappa shape index (κ3) is 4.44. The summed E-state index contributed by atoms with van der Waals surface area (Å²) in [6.45, 7) is 1.22. The SMILES string of the molecule is Oc1ccccc1CN(CC(F)F)CC1CCCO1. The molecule has 0 amide bonds. The summed E-state index contributed by atoms with van der Waals surface area (Å²) in [4.78, 5) is 1.65.